The van der Waals surface area contributed by atoms with Crippen LogP contribution in [0.15, 0.2) is 205 Å². The van der Waals surface area contributed by atoms with Gasteiger partial charge < -0.3 is 9.32 Å². The van der Waals surface area contributed by atoms with Crippen LogP contribution in [0.4, 0.5) is 17.1 Å². The molecule has 0 bridgehead atoms. The van der Waals surface area contributed by atoms with E-state index in [2.05, 4.69) is 193 Å². The van der Waals surface area contributed by atoms with Gasteiger partial charge in [0.05, 0.1) is 11.1 Å². The third-order valence-electron chi connectivity index (χ3n) is 10.3. The number of furan rings is 1. The Balaban J connectivity index is 1.08. The molecule has 0 spiro atoms. The Morgan fingerprint density at radius 3 is 1.63 bits per heavy atom. The molecule has 0 aliphatic rings. The molecule has 2 heteroatoms. The fourth-order valence-corrected chi connectivity index (χ4v) is 7.68. The van der Waals surface area contributed by atoms with Crippen LogP contribution in [0.25, 0.3) is 76.9 Å². The van der Waals surface area contributed by atoms with Crippen LogP contribution >= 0.6 is 0 Å². The van der Waals surface area contributed by atoms with Gasteiger partial charge in [0.2, 0.25) is 0 Å². The Morgan fingerprint density at radius 2 is 0.885 bits per heavy atom. The minimum atomic E-state index is 0.874. The van der Waals surface area contributed by atoms with Crippen molar-refractivity contribution >= 4 is 60.5 Å². The van der Waals surface area contributed by atoms with Gasteiger partial charge in [0.25, 0.3) is 0 Å². The van der Waals surface area contributed by atoms with Crippen molar-refractivity contribution in [2.45, 2.75) is 0 Å². The fraction of sp³-hybridized carbons (Fsp3) is 0. The van der Waals surface area contributed by atoms with Gasteiger partial charge in [-0.15, -0.1) is 0 Å². The number of hydrogen-bond acceptors (Lipinski definition) is 2. The van der Waals surface area contributed by atoms with E-state index in [0.29, 0.717) is 0 Å². The maximum Gasteiger partial charge on any atom is 0.137 e. The molecule has 0 fully saturated rings. The Hall–Kier alpha value is -6.90. The summed E-state index contributed by atoms with van der Waals surface area (Å²) in [5, 5.41) is 7.17. The zero-order chi connectivity index (χ0) is 34.4. The molecule has 10 rings (SSSR count). The topological polar surface area (TPSA) is 16.4 Å². The zero-order valence-electron chi connectivity index (χ0n) is 28.4. The van der Waals surface area contributed by atoms with Crippen LogP contribution in [-0.2, 0) is 0 Å². The summed E-state index contributed by atoms with van der Waals surface area (Å²) in [5.41, 5.74) is 12.2. The summed E-state index contributed by atoms with van der Waals surface area (Å²) < 4.78 is 6.35. The monoisotopic (exact) mass is 663 g/mol. The first-order valence-corrected chi connectivity index (χ1v) is 17.8. The van der Waals surface area contributed by atoms with E-state index in [4.69, 9.17) is 4.42 Å². The van der Waals surface area contributed by atoms with Gasteiger partial charge >= 0.3 is 0 Å². The molecule has 52 heavy (non-hydrogen) atoms. The molecule has 10 aromatic rings. The van der Waals surface area contributed by atoms with E-state index in [1.165, 1.54) is 54.9 Å². The second-order valence-electron chi connectivity index (χ2n) is 13.3. The Labute approximate surface area is 302 Å². The van der Waals surface area contributed by atoms with Crippen LogP contribution in [-0.4, -0.2) is 0 Å². The number of nitrogens with zero attached hydrogens (tertiary/aromatic N) is 1. The van der Waals surface area contributed by atoms with Crippen molar-refractivity contribution in [2.24, 2.45) is 0 Å². The van der Waals surface area contributed by atoms with Crippen LogP contribution in [0, 0.1) is 0 Å². The second kappa shape index (κ2) is 12.5. The number of rotatable bonds is 6. The van der Waals surface area contributed by atoms with Crippen LogP contribution in [0.5, 0.6) is 0 Å². The van der Waals surface area contributed by atoms with E-state index in [9.17, 15) is 0 Å². The summed E-state index contributed by atoms with van der Waals surface area (Å²) in [6.07, 6.45) is 0. The molecule has 0 unspecified atom stereocenters. The van der Waals surface area contributed by atoms with Crippen molar-refractivity contribution in [1.29, 1.82) is 0 Å². The van der Waals surface area contributed by atoms with Gasteiger partial charge in [-0.3, -0.25) is 0 Å². The smallest absolute Gasteiger partial charge is 0.137 e. The van der Waals surface area contributed by atoms with Crippen LogP contribution in [0.2, 0.25) is 0 Å². The van der Waals surface area contributed by atoms with Gasteiger partial charge in [0.1, 0.15) is 11.2 Å². The second-order valence-corrected chi connectivity index (χ2v) is 13.3. The first-order chi connectivity index (χ1) is 25.8. The normalized spacial score (nSPS) is 11.5. The lowest BCUT2D eigenvalue weighted by Gasteiger charge is -2.26. The Kier molecular flexibility index (Phi) is 7.18. The summed E-state index contributed by atoms with van der Waals surface area (Å²) in [4.78, 5) is 2.35. The maximum absolute atomic E-state index is 6.35. The van der Waals surface area contributed by atoms with Gasteiger partial charge in [-0.1, -0.05) is 146 Å². The van der Waals surface area contributed by atoms with E-state index in [1.807, 2.05) is 12.1 Å². The van der Waals surface area contributed by atoms with Gasteiger partial charge in [-0.05, 0) is 110 Å². The minimum absolute atomic E-state index is 0.874. The fourth-order valence-electron chi connectivity index (χ4n) is 7.68. The molecule has 0 saturated heterocycles. The summed E-state index contributed by atoms with van der Waals surface area (Å²) in [6.45, 7) is 0. The third kappa shape index (κ3) is 5.21. The molecule has 0 radical (unpaired) electrons. The quantitative estimate of drug-likeness (QED) is 0.176. The molecule has 1 heterocycles. The van der Waals surface area contributed by atoms with Gasteiger partial charge in [0, 0.05) is 16.8 Å². The molecule has 9 aromatic carbocycles. The van der Waals surface area contributed by atoms with Crippen molar-refractivity contribution in [3.8, 4) is 33.4 Å². The zero-order valence-corrected chi connectivity index (χ0v) is 28.4. The van der Waals surface area contributed by atoms with E-state index in [1.54, 1.807) is 0 Å². The lowest BCUT2D eigenvalue weighted by molar-refractivity contribution is 0.669. The molecule has 0 N–H and O–H groups in total. The molecule has 0 aliphatic carbocycles. The van der Waals surface area contributed by atoms with Gasteiger partial charge in [-0.2, -0.15) is 0 Å². The lowest BCUT2D eigenvalue weighted by atomic mass is 9.97. The summed E-state index contributed by atoms with van der Waals surface area (Å²) >= 11 is 0. The first-order valence-electron chi connectivity index (χ1n) is 17.8. The molecule has 0 saturated carbocycles. The average molecular weight is 664 g/mol. The van der Waals surface area contributed by atoms with E-state index in [0.717, 1.165) is 39.0 Å². The van der Waals surface area contributed by atoms with E-state index < -0.39 is 0 Å². The number of para-hydroxylation sites is 1. The van der Waals surface area contributed by atoms with E-state index >= 15 is 0 Å². The first kappa shape index (κ1) is 30.0. The molecule has 244 valence electrons. The number of fused-ring (bicyclic) bond motifs is 5. The Bertz CT molecular complexity index is 2880. The van der Waals surface area contributed by atoms with Crippen molar-refractivity contribution in [2.75, 3.05) is 4.90 Å². The molecular weight excluding hydrogens is 631 g/mol. The molecule has 1 aromatic heterocycles. The van der Waals surface area contributed by atoms with Crippen LogP contribution in [0.1, 0.15) is 0 Å². The van der Waals surface area contributed by atoms with Crippen molar-refractivity contribution in [1.82, 2.24) is 0 Å². The lowest BCUT2D eigenvalue weighted by Crippen LogP contribution is -2.10. The van der Waals surface area contributed by atoms with Crippen molar-refractivity contribution in [3.05, 3.63) is 200 Å². The maximum atomic E-state index is 6.35. The molecule has 0 aliphatic heterocycles. The van der Waals surface area contributed by atoms with Crippen LogP contribution < -0.4 is 4.90 Å². The highest BCUT2D eigenvalue weighted by molar-refractivity contribution is 6.13. The van der Waals surface area contributed by atoms with Crippen LogP contribution in [0.3, 0.4) is 0 Å². The van der Waals surface area contributed by atoms with Gasteiger partial charge in [0.15, 0.2) is 0 Å². The van der Waals surface area contributed by atoms with Crippen molar-refractivity contribution in [3.63, 3.8) is 0 Å². The van der Waals surface area contributed by atoms with E-state index in [-0.39, 0.29) is 0 Å². The van der Waals surface area contributed by atoms with Gasteiger partial charge in [-0.25, -0.2) is 0 Å². The highest BCUT2D eigenvalue weighted by Gasteiger charge is 2.19. The molecule has 2 nitrogen and oxygen atoms in total. The number of anilines is 3. The molecule has 0 atom stereocenters. The molecule has 0 amide bonds. The third-order valence-corrected chi connectivity index (χ3v) is 10.3. The minimum Gasteiger partial charge on any atom is -0.456 e. The predicted molar refractivity (Wildman–Crippen MR) is 220 cm³/mol. The summed E-state index contributed by atoms with van der Waals surface area (Å²) in [6, 6.07) is 71.7. The Morgan fingerprint density at radius 1 is 0.327 bits per heavy atom. The van der Waals surface area contributed by atoms with Crippen molar-refractivity contribution < 1.29 is 4.42 Å². The summed E-state index contributed by atoms with van der Waals surface area (Å²) in [7, 11) is 0. The number of benzene rings is 9. The highest BCUT2D eigenvalue weighted by atomic mass is 16.3. The number of hydrogen-bond donors (Lipinski definition) is 0. The highest BCUT2D eigenvalue weighted by Crippen LogP contribution is 2.44. The summed E-state index contributed by atoms with van der Waals surface area (Å²) in [5.74, 6) is 0. The SMILES string of the molecule is c1ccc(-c2ccc3ccc(-c4ccc(N(c5ccc(-c6cccc7ccccc67)cc5)c5cccc6oc7ccccc7c56)cc4)cc3c2)cc1. The average Bonchev–Trinajstić information content (AvgIpc) is 3.61. The standard InChI is InChI=1S/C50H33NO/c1-2-10-34(11-3-1)39-22-20-36-21-23-40(33-41(36)32-39)35-24-28-42(29-25-35)51(47-17-9-19-49-50(47)46-15-6-7-18-48(46)52-49)43-30-26-38(27-31-43)45-16-8-13-37-12-4-5-14-44(37)45/h1-33H. The largest absolute Gasteiger partial charge is 0.456 e. The molecular formula is C50H33NO. The predicted octanol–water partition coefficient (Wildman–Crippen LogP) is 14.4.